The molecule has 0 bridgehead atoms. The summed E-state index contributed by atoms with van der Waals surface area (Å²) in [6.45, 7) is 3.80. The van der Waals surface area contributed by atoms with E-state index in [0.29, 0.717) is 12.5 Å². The summed E-state index contributed by atoms with van der Waals surface area (Å²) in [5, 5.41) is 10.5. The third-order valence-electron chi connectivity index (χ3n) is 3.43. The third kappa shape index (κ3) is 3.57. The summed E-state index contributed by atoms with van der Waals surface area (Å²) in [7, 11) is 1.90. The average molecular weight is 250 g/mol. The molecule has 0 radical (unpaired) electrons. The second kappa shape index (κ2) is 6.00. The van der Waals surface area contributed by atoms with Crippen LogP contribution >= 0.6 is 0 Å². The van der Waals surface area contributed by atoms with Crippen LogP contribution in [0.15, 0.2) is 12.3 Å². The number of aromatic nitrogens is 2. The molecular formula is C13H22N4O. The lowest BCUT2D eigenvalue weighted by Gasteiger charge is -2.27. The standard InChI is InChI=1S/C13H22N4O/c1-10-3-6-14-12(9-10)13(18)15-7-4-11-5-8-17(2)16-11/h5,8,10,12,14H,3-4,6-7,9H2,1-2H3,(H,15,18). The first-order valence-electron chi connectivity index (χ1n) is 6.65. The van der Waals surface area contributed by atoms with Crippen LogP contribution in [0.4, 0.5) is 0 Å². The van der Waals surface area contributed by atoms with Gasteiger partial charge in [-0.15, -0.1) is 0 Å². The Labute approximate surface area is 108 Å². The fourth-order valence-corrected chi connectivity index (χ4v) is 2.34. The predicted molar refractivity (Wildman–Crippen MR) is 70.1 cm³/mol. The molecule has 0 aliphatic carbocycles. The van der Waals surface area contributed by atoms with Crippen molar-refractivity contribution in [2.24, 2.45) is 13.0 Å². The van der Waals surface area contributed by atoms with Gasteiger partial charge >= 0.3 is 0 Å². The lowest BCUT2D eigenvalue weighted by atomic mass is 9.94. The minimum absolute atomic E-state index is 0.0162. The first-order chi connectivity index (χ1) is 8.65. The summed E-state index contributed by atoms with van der Waals surface area (Å²) in [5.41, 5.74) is 1.02. The molecular weight excluding hydrogens is 228 g/mol. The third-order valence-corrected chi connectivity index (χ3v) is 3.43. The second-order valence-electron chi connectivity index (χ2n) is 5.16. The first-order valence-corrected chi connectivity index (χ1v) is 6.65. The van der Waals surface area contributed by atoms with Crippen molar-refractivity contribution in [3.05, 3.63) is 18.0 Å². The SMILES string of the molecule is CC1CCNC(C(=O)NCCc2ccn(C)n2)C1. The van der Waals surface area contributed by atoms with Gasteiger partial charge < -0.3 is 10.6 Å². The molecule has 100 valence electrons. The van der Waals surface area contributed by atoms with Gasteiger partial charge in [-0.05, 0) is 31.4 Å². The van der Waals surface area contributed by atoms with Gasteiger partial charge in [0.2, 0.25) is 5.91 Å². The molecule has 2 rings (SSSR count). The number of nitrogens with zero attached hydrogens (tertiary/aromatic N) is 2. The highest BCUT2D eigenvalue weighted by molar-refractivity contribution is 5.81. The van der Waals surface area contributed by atoms with Gasteiger partial charge in [-0.2, -0.15) is 5.10 Å². The van der Waals surface area contributed by atoms with Crippen molar-refractivity contribution in [2.75, 3.05) is 13.1 Å². The van der Waals surface area contributed by atoms with Crippen LogP contribution in [0.1, 0.15) is 25.5 Å². The van der Waals surface area contributed by atoms with E-state index in [9.17, 15) is 4.79 Å². The summed E-state index contributed by atoms with van der Waals surface area (Å²) < 4.78 is 1.78. The number of aryl methyl sites for hydroxylation is 1. The van der Waals surface area contributed by atoms with Crippen molar-refractivity contribution >= 4 is 5.91 Å². The molecule has 1 saturated heterocycles. The van der Waals surface area contributed by atoms with Crippen molar-refractivity contribution in [3.8, 4) is 0 Å². The van der Waals surface area contributed by atoms with Crippen LogP contribution in [-0.2, 0) is 18.3 Å². The van der Waals surface area contributed by atoms with Gasteiger partial charge in [0.05, 0.1) is 11.7 Å². The smallest absolute Gasteiger partial charge is 0.237 e. The Morgan fingerprint density at radius 3 is 3.17 bits per heavy atom. The van der Waals surface area contributed by atoms with Crippen molar-refractivity contribution < 1.29 is 4.79 Å². The van der Waals surface area contributed by atoms with Gasteiger partial charge in [-0.1, -0.05) is 6.92 Å². The fourth-order valence-electron chi connectivity index (χ4n) is 2.34. The average Bonchev–Trinajstić information content (AvgIpc) is 2.75. The molecule has 1 aromatic rings. The molecule has 1 fully saturated rings. The minimum Gasteiger partial charge on any atom is -0.354 e. The molecule has 5 heteroatoms. The number of carbonyl (C=O) groups excluding carboxylic acids is 1. The Morgan fingerprint density at radius 1 is 1.67 bits per heavy atom. The van der Waals surface area contributed by atoms with Crippen molar-refractivity contribution in [1.82, 2.24) is 20.4 Å². The van der Waals surface area contributed by atoms with Crippen molar-refractivity contribution in [2.45, 2.75) is 32.2 Å². The quantitative estimate of drug-likeness (QED) is 0.816. The summed E-state index contributed by atoms with van der Waals surface area (Å²) in [6, 6.07) is 1.96. The van der Waals surface area contributed by atoms with Gasteiger partial charge in [0.1, 0.15) is 0 Å². The maximum atomic E-state index is 11.9. The molecule has 18 heavy (non-hydrogen) atoms. The molecule has 1 aliphatic rings. The highest BCUT2D eigenvalue weighted by Crippen LogP contribution is 2.14. The Bertz CT molecular complexity index is 401. The normalized spacial score (nSPS) is 23.9. The number of piperidine rings is 1. The van der Waals surface area contributed by atoms with Gasteiger partial charge in [0.15, 0.2) is 0 Å². The van der Waals surface area contributed by atoms with E-state index in [1.165, 1.54) is 0 Å². The van der Waals surface area contributed by atoms with E-state index >= 15 is 0 Å². The zero-order valence-electron chi connectivity index (χ0n) is 11.1. The molecule has 5 nitrogen and oxygen atoms in total. The lowest BCUT2D eigenvalue weighted by Crippen LogP contribution is -2.48. The molecule has 0 saturated carbocycles. The Balaban J connectivity index is 1.71. The van der Waals surface area contributed by atoms with Gasteiger partial charge in [0.25, 0.3) is 0 Å². The van der Waals surface area contributed by atoms with Gasteiger partial charge in [-0.25, -0.2) is 0 Å². The highest BCUT2D eigenvalue weighted by Gasteiger charge is 2.23. The molecule has 2 unspecified atom stereocenters. The monoisotopic (exact) mass is 250 g/mol. The Hall–Kier alpha value is -1.36. The summed E-state index contributed by atoms with van der Waals surface area (Å²) in [6.07, 6.45) is 4.81. The van der Waals surface area contributed by atoms with E-state index in [4.69, 9.17) is 0 Å². The van der Waals surface area contributed by atoms with E-state index in [2.05, 4.69) is 22.7 Å². The molecule has 1 aliphatic heterocycles. The van der Waals surface area contributed by atoms with E-state index in [0.717, 1.165) is 31.5 Å². The van der Waals surface area contributed by atoms with E-state index < -0.39 is 0 Å². The predicted octanol–water partition coefficient (Wildman–Crippen LogP) is 0.467. The van der Waals surface area contributed by atoms with Crippen LogP contribution in [0.25, 0.3) is 0 Å². The zero-order valence-corrected chi connectivity index (χ0v) is 11.1. The fraction of sp³-hybridized carbons (Fsp3) is 0.692. The van der Waals surface area contributed by atoms with Crippen LogP contribution < -0.4 is 10.6 Å². The van der Waals surface area contributed by atoms with Crippen LogP contribution in [-0.4, -0.2) is 34.8 Å². The van der Waals surface area contributed by atoms with Crippen LogP contribution in [0.3, 0.4) is 0 Å². The molecule has 2 N–H and O–H groups in total. The van der Waals surface area contributed by atoms with Crippen molar-refractivity contribution in [3.63, 3.8) is 0 Å². The molecule has 1 amide bonds. The Kier molecular flexibility index (Phi) is 4.36. The van der Waals surface area contributed by atoms with Crippen LogP contribution in [0.5, 0.6) is 0 Å². The number of nitrogens with one attached hydrogen (secondary N) is 2. The minimum atomic E-state index is -0.0162. The van der Waals surface area contributed by atoms with Crippen LogP contribution in [0.2, 0.25) is 0 Å². The number of hydrogen-bond acceptors (Lipinski definition) is 3. The van der Waals surface area contributed by atoms with Gasteiger partial charge in [0, 0.05) is 26.2 Å². The molecule has 2 atom stereocenters. The molecule has 1 aromatic heterocycles. The lowest BCUT2D eigenvalue weighted by molar-refractivity contribution is -0.124. The van der Waals surface area contributed by atoms with E-state index in [1.807, 2.05) is 19.3 Å². The summed E-state index contributed by atoms with van der Waals surface area (Å²) in [5.74, 6) is 0.760. The van der Waals surface area contributed by atoms with Gasteiger partial charge in [-0.3, -0.25) is 9.48 Å². The number of amides is 1. The highest BCUT2D eigenvalue weighted by atomic mass is 16.2. The first kappa shape index (κ1) is 13.1. The maximum Gasteiger partial charge on any atom is 0.237 e. The number of hydrogen-bond donors (Lipinski definition) is 2. The largest absolute Gasteiger partial charge is 0.354 e. The molecule has 0 spiro atoms. The second-order valence-corrected chi connectivity index (χ2v) is 5.16. The summed E-state index contributed by atoms with van der Waals surface area (Å²) >= 11 is 0. The zero-order chi connectivity index (χ0) is 13.0. The topological polar surface area (TPSA) is 59.0 Å². The van der Waals surface area contributed by atoms with Crippen LogP contribution in [0, 0.1) is 5.92 Å². The van der Waals surface area contributed by atoms with E-state index in [1.54, 1.807) is 4.68 Å². The number of carbonyl (C=O) groups is 1. The maximum absolute atomic E-state index is 11.9. The molecule has 0 aromatic carbocycles. The van der Waals surface area contributed by atoms with Crippen molar-refractivity contribution in [1.29, 1.82) is 0 Å². The van der Waals surface area contributed by atoms with E-state index in [-0.39, 0.29) is 11.9 Å². The molecule has 2 heterocycles. The number of rotatable bonds is 4. The Morgan fingerprint density at radius 2 is 2.50 bits per heavy atom. The summed E-state index contributed by atoms with van der Waals surface area (Å²) in [4.78, 5) is 11.9.